The quantitative estimate of drug-likeness (QED) is 0.398. The minimum Gasteiger partial charge on any atom is -0.436 e. The van der Waals surface area contributed by atoms with Gasteiger partial charge in [-0.15, -0.1) is 0 Å². The fourth-order valence-electron chi connectivity index (χ4n) is 4.43. The number of halogens is 1. The minimum atomic E-state index is -0.448. The van der Waals surface area contributed by atoms with Gasteiger partial charge >= 0.3 is 0 Å². The summed E-state index contributed by atoms with van der Waals surface area (Å²) in [5, 5.41) is 2.64. The van der Waals surface area contributed by atoms with E-state index >= 15 is 0 Å². The number of likely N-dealkylation sites (tertiary alicyclic amines) is 1. The van der Waals surface area contributed by atoms with Gasteiger partial charge in [-0.05, 0) is 68.1 Å². The number of carbonyl (C=O) groups is 2. The van der Waals surface area contributed by atoms with E-state index in [0.29, 0.717) is 42.1 Å². The van der Waals surface area contributed by atoms with Gasteiger partial charge in [-0.3, -0.25) is 9.59 Å². The molecule has 0 spiro atoms. The van der Waals surface area contributed by atoms with Gasteiger partial charge in [0.2, 0.25) is 11.8 Å². The Hall–Kier alpha value is -4.00. The summed E-state index contributed by atoms with van der Waals surface area (Å²) in [7, 11) is 0. The fourth-order valence-corrected chi connectivity index (χ4v) is 4.43. The average molecular weight is 472 g/mol. The number of oxazole rings is 1. The number of piperidine rings is 1. The maximum atomic E-state index is 13.8. The molecule has 2 amide bonds. The summed E-state index contributed by atoms with van der Waals surface area (Å²) >= 11 is 0. The highest BCUT2D eigenvalue weighted by atomic mass is 19.1. The lowest BCUT2D eigenvalue weighted by Crippen LogP contribution is -2.39. The van der Waals surface area contributed by atoms with E-state index in [9.17, 15) is 14.0 Å². The van der Waals surface area contributed by atoms with E-state index in [-0.39, 0.29) is 23.4 Å². The number of amides is 2. The lowest BCUT2D eigenvalue weighted by molar-refractivity contribution is -0.117. The van der Waals surface area contributed by atoms with Gasteiger partial charge in [-0.1, -0.05) is 29.8 Å². The zero-order valence-electron chi connectivity index (χ0n) is 19.5. The first kappa shape index (κ1) is 22.8. The van der Waals surface area contributed by atoms with Crippen LogP contribution in [0.2, 0.25) is 0 Å². The van der Waals surface area contributed by atoms with Crippen LogP contribution in [-0.2, 0) is 4.79 Å². The monoisotopic (exact) mass is 471 g/mol. The van der Waals surface area contributed by atoms with Crippen LogP contribution in [0.5, 0.6) is 0 Å². The highest BCUT2D eigenvalue weighted by Crippen LogP contribution is 2.27. The van der Waals surface area contributed by atoms with Crippen molar-refractivity contribution in [3.8, 4) is 11.5 Å². The van der Waals surface area contributed by atoms with E-state index in [1.54, 1.807) is 36.4 Å². The van der Waals surface area contributed by atoms with Crippen LogP contribution in [0.1, 0.15) is 35.2 Å². The number of hydrogen-bond acceptors (Lipinski definition) is 4. The van der Waals surface area contributed by atoms with Crippen LogP contribution in [0.25, 0.3) is 22.6 Å². The SMILES string of the molecule is Cc1ccc(-c2nc3cc(C(=O)N4CCC(CC(=O)Nc5ccccc5F)CC4)ccc3o2)cc1. The molecule has 35 heavy (non-hydrogen) atoms. The van der Waals surface area contributed by atoms with Crippen LogP contribution in [0.15, 0.2) is 71.1 Å². The molecule has 5 rings (SSSR count). The summed E-state index contributed by atoms with van der Waals surface area (Å²) in [4.78, 5) is 31.8. The molecule has 3 aromatic carbocycles. The van der Waals surface area contributed by atoms with Crippen molar-refractivity contribution in [3.05, 3.63) is 83.7 Å². The van der Waals surface area contributed by atoms with Crippen molar-refractivity contribution in [1.29, 1.82) is 0 Å². The summed E-state index contributed by atoms with van der Waals surface area (Å²) in [5.74, 6) is -0.0295. The molecule has 1 aromatic heterocycles. The summed E-state index contributed by atoms with van der Waals surface area (Å²) in [5.41, 5.74) is 4.09. The number of nitrogens with one attached hydrogen (secondary N) is 1. The van der Waals surface area contributed by atoms with Crippen molar-refractivity contribution in [2.45, 2.75) is 26.2 Å². The molecule has 1 N–H and O–H groups in total. The number of aryl methyl sites for hydroxylation is 1. The Labute approximate surface area is 202 Å². The fraction of sp³-hybridized carbons (Fsp3) is 0.250. The number of hydrogen-bond donors (Lipinski definition) is 1. The third-order valence-electron chi connectivity index (χ3n) is 6.46. The second kappa shape index (κ2) is 9.70. The van der Waals surface area contributed by atoms with E-state index in [1.165, 1.54) is 6.07 Å². The molecule has 1 aliphatic heterocycles. The van der Waals surface area contributed by atoms with Gasteiger partial charge in [0, 0.05) is 30.6 Å². The number of aromatic nitrogens is 1. The molecule has 0 aliphatic carbocycles. The second-order valence-electron chi connectivity index (χ2n) is 9.04. The van der Waals surface area contributed by atoms with E-state index < -0.39 is 5.82 Å². The predicted molar refractivity (Wildman–Crippen MR) is 132 cm³/mol. The Morgan fingerprint density at radius 1 is 1.06 bits per heavy atom. The smallest absolute Gasteiger partial charge is 0.253 e. The maximum absolute atomic E-state index is 13.8. The number of para-hydroxylation sites is 1. The Morgan fingerprint density at radius 2 is 1.80 bits per heavy atom. The third-order valence-corrected chi connectivity index (χ3v) is 6.46. The molecule has 1 saturated heterocycles. The Kier molecular flexibility index (Phi) is 6.31. The van der Waals surface area contributed by atoms with Gasteiger partial charge < -0.3 is 14.6 Å². The Balaban J connectivity index is 1.19. The number of carbonyl (C=O) groups excluding carboxylic acids is 2. The first-order chi connectivity index (χ1) is 17.0. The molecule has 6 nitrogen and oxygen atoms in total. The van der Waals surface area contributed by atoms with Crippen molar-refractivity contribution in [2.75, 3.05) is 18.4 Å². The molecule has 7 heteroatoms. The highest BCUT2D eigenvalue weighted by molar-refractivity contribution is 5.97. The standard InChI is InChI=1S/C28H26FN3O3/c1-18-6-8-20(9-7-18)27-31-24-17-21(10-11-25(24)35-27)28(34)32-14-12-19(13-15-32)16-26(33)30-23-5-3-2-4-22(23)29/h2-11,17,19H,12-16H2,1H3,(H,30,33). The van der Waals surface area contributed by atoms with E-state index in [2.05, 4.69) is 10.3 Å². The number of benzene rings is 3. The first-order valence-corrected chi connectivity index (χ1v) is 11.8. The zero-order chi connectivity index (χ0) is 24.4. The summed E-state index contributed by atoms with van der Waals surface area (Å²) in [6.45, 7) is 3.17. The van der Waals surface area contributed by atoms with Crippen molar-refractivity contribution < 1.29 is 18.4 Å². The molecule has 2 heterocycles. The molecule has 178 valence electrons. The van der Waals surface area contributed by atoms with Gasteiger partial charge in [0.15, 0.2) is 5.58 Å². The average Bonchev–Trinajstić information content (AvgIpc) is 3.29. The number of nitrogens with zero attached hydrogens (tertiary/aromatic N) is 2. The van der Waals surface area contributed by atoms with Crippen molar-refractivity contribution in [3.63, 3.8) is 0 Å². The molecule has 4 aromatic rings. The van der Waals surface area contributed by atoms with Crippen molar-refractivity contribution in [2.24, 2.45) is 5.92 Å². The second-order valence-corrected chi connectivity index (χ2v) is 9.04. The topological polar surface area (TPSA) is 75.4 Å². The zero-order valence-corrected chi connectivity index (χ0v) is 19.5. The number of anilines is 1. The molecule has 1 aliphatic rings. The minimum absolute atomic E-state index is 0.0546. The molecule has 0 radical (unpaired) electrons. The molecule has 0 saturated carbocycles. The van der Waals surface area contributed by atoms with Gasteiger partial charge in [0.05, 0.1) is 5.69 Å². The van der Waals surface area contributed by atoms with E-state index in [0.717, 1.165) is 24.0 Å². The lowest BCUT2D eigenvalue weighted by atomic mass is 9.92. The van der Waals surface area contributed by atoms with Crippen molar-refractivity contribution in [1.82, 2.24) is 9.88 Å². The third kappa shape index (κ3) is 5.09. The van der Waals surface area contributed by atoms with E-state index in [4.69, 9.17) is 4.42 Å². The largest absolute Gasteiger partial charge is 0.436 e. The Morgan fingerprint density at radius 3 is 2.54 bits per heavy atom. The van der Waals surface area contributed by atoms with Crippen LogP contribution >= 0.6 is 0 Å². The van der Waals surface area contributed by atoms with E-state index in [1.807, 2.05) is 36.1 Å². The van der Waals surface area contributed by atoms with Crippen LogP contribution < -0.4 is 5.32 Å². The Bertz CT molecular complexity index is 1370. The van der Waals surface area contributed by atoms with Gasteiger partial charge in [-0.25, -0.2) is 9.37 Å². The molecule has 0 atom stereocenters. The van der Waals surface area contributed by atoms with Gasteiger partial charge in [-0.2, -0.15) is 0 Å². The van der Waals surface area contributed by atoms with Crippen molar-refractivity contribution >= 4 is 28.6 Å². The highest BCUT2D eigenvalue weighted by Gasteiger charge is 2.26. The summed E-state index contributed by atoms with van der Waals surface area (Å²) in [6, 6.07) is 19.4. The molecule has 0 unspecified atom stereocenters. The summed E-state index contributed by atoms with van der Waals surface area (Å²) in [6.07, 6.45) is 1.75. The molecular weight excluding hydrogens is 445 g/mol. The summed E-state index contributed by atoms with van der Waals surface area (Å²) < 4.78 is 19.6. The molecule has 1 fully saturated rings. The van der Waals surface area contributed by atoms with Crippen LogP contribution in [0, 0.1) is 18.7 Å². The van der Waals surface area contributed by atoms with Crippen LogP contribution in [-0.4, -0.2) is 34.8 Å². The van der Waals surface area contributed by atoms with Gasteiger partial charge in [0.1, 0.15) is 11.3 Å². The number of fused-ring (bicyclic) bond motifs is 1. The van der Waals surface area contributed by atoms with Gasteiger partial charge in [0.25, 0.3) is 5.91 Å². The predicted octanol–water partition coefficient (Wildman–Crippen LogP) is 5.82. The normalized spacial score (nSPS) is 14.3. The van der Waals surface area contributed by atoms with Crippen LogP contribution in [0.4, 0.5) is 10.1 Å². The van der Waals surface area contributed by atoms with Crippen LogP contribution in [0.3, 0.4) is 0 Å². The first-order valence-electron chi connectivity index (χ1n) is 11.8. The molecule has 0 bridgehead atoms. The molecular formula is C28H26FN3O3. The maximum Gasteiger partial charge on any atom is 0.253 e. The lowest BCUT2D eigenvalue weighted by Gasteiger charge is -2.31. The number of rotatable bonds is 5.